The maximum absolute atomic E-state index is 13.2. The minimum absolute atomic E-state index is 0.140. The Labute approximate surface area is 122 Å². The average Bonchev–Trinajstić information content (AvgIpc) is 2.72. The molecule has 1 N–H and O–H groups in total. The number of amides is 1. The third-order valence-electron chi connectivity index (χ3n) is 2.05. The van der Waals surface area contributed by atoms with Crippen molar-refractivity contribution in [3.8, 4) is 0 Å². The molecule has 0 atom stereocenters. The van der Waals surface area contributed by atoms with E-state index in [1.54, 1.807) is 11.4 Å². The minimum atomic E-state index is -0.704. The van der Waals surface area contributed by atoms with Crippen molar-refractivity contribution in [1.82, 2.24) is 0 Å². The molecule has 0 aliphatic heterocycles. The first-order valence-corrected chi connectivity index (χ1v) is 6.79. The molecule has 1 heterocycles. The molecule has 1 aromatic carbocycles. The van der Waals surface area contributed by atoms with E-state index < -0.39 is 5.82 Å². The largest absolute Gasteiger partial charge is 0.321 e. The molecule has 1 aromatic heterocycles. The lowest BCUT2D eigenvalue weighted by Crippen LogP contribution is -2.10. The first kappa shape index (κ1) is 13.7. The van der Waals surface area contributed by atoms with Gasteiger partial charge in [0, 0.05) is 16.0 Å². The molecule has 0 saturated heterocycles. The van der Waals surface area contributed by atoms with Crippen molar-refractivity contribution in [3.63, 3.8) is 0 Å². The summed E-state index contributed by atoms with van der Waals surface area (Å²) in [5, 5.41) is 4.04. The molecule has 7 heteroatoms. The summed E-state index contributed by atoms with van der Waals surface area (Å²) in [5.74, 6) is -1.02. The standard InChI is InChI=1S/C11H6Cl2FNOS2/c12-7-1-5(2-8(13)10(7)14)15-11(16)9-3-6(17)4-18-9/h1-4,17H,(H,15,16). The zero-order valence-corrected chi connectivity index (χ0v) is 11.9. The summed E-state index contributed by atoms with van der Waals surface area (Å²) in [7, 11) is 0. The average molecular weight is 322 g/mol. The predicted octanol–water partition coefficient (Wildman–Crippen LogP) is 4.74. The third kappa shape index (κ3) is 2.98. The van der Waals surface area contributed by atoms with E-state index in [0.717, 1.165) is 0 Å². The van der Waals surface area contributed by atoms with Gasteiger partial charge in [-0.05, 0) is 18.2 Å². The van der Waals surface area contributed by atoms with E-state index in [4.69, 9.17) is 23.2 Å². The smallest absolute Gasteiger partial charge is 0.265 e. The minimum Gasteiger partial charge on any atom is -0.321 e. The zero-order valence-electron chi connectivity index (χ0n) is 8.71. The van der Waals surface area contributed by atoms with Crippen LogP contribution in [0.1, 0.15) is 9.67 Å². The number of anilines is 1. The Morgan fingerprint density at radius 3 is 2.39 bits per heavy atom. The van der Waals surface area contributed by atoms with Gasteiger partial charge in [-0.25, -0.2) is 4.39 Å². The third-order valence-corrected chi connectivity index (χ3v) is 3.96. The van der Waals surface area contributed by atoms with E-state index in [-0.39, 0.29) is 16.0 Å². The Morgan fingerprint density at radius 2 is 1.89 bits per heavy atom. The van der Waals surface area contributed by atoms with Gasteiger partial charge in [-0.1, -0.05) is 23.2 Å². The molecular weight excluding hydrogens is 316 g/mol. The van der Waals surface area contributed by atoms with Crippen LogP contribution in [0.5, 0.6) is 0 Å². The summed E-state index contributed by atoms with van der Waals surface area (Å²) in [6.07, 6.45) is 0. The molecule has 2 rings (SSSR count). The van der Waals surface area contributed by atoms with Crippen molar-refractivity contribution in [2.45, 2.75) is 4.90 Å². The highest BCUT2D eigenvalue weighted by atomic mass is 35.5. The van der Waals surface area contributed by atoms with Gasteiger partial charge in [-0.15, -0.1) is 24.0 Å². The van der Waals surface area contributed by atoms with Gasteiger partial charge in [0.05, 0.1) is 14.9 Å². The molecule has 2 nitrogen and oxygen atoms in total. The molecule has 0 aliphatic carbocycles. The van der Waals surface area contributed by atoms with Crippen molar-refractivity contribution in [2.24, 2.45) is 0 Å². The topological polar surface area (TPSA) is 29.1 Å². The number of thiophene rings is 1. The van der Waals surface area contributed by atoms with E-state index in [1.807, 2.05) is 0 Å². The van der Waals surface area contributed by atoms with Crippen LogP contribution >= 0.6 is 47.2 Å². The first-order valence-electron chi connectivity index (χ1n) is 4.71. The molecule has 0 spiro atoms. The van der Waals surface area contributed by atoms with Crippen molar-refractivity contribution >= 4 is 58.8 Å². The molecule has 0 aliphatic rings. The van der Waals surface area contributed by atoms with Crippen molar-refractivity contribution < 1.29 is 9.18 Å². The normalized spacial score (nSPS) is 10.4. The molecule has 18 heavy (non-hydrogen) atoms. The highest BCUT2D eigenvalue weighted by Crippen LogP contribution is 2.28. The van der Waals surface area contributed by atoms with Crippen LogP contribution in [0.25, 0.3) is 0 Å². The molecule has 0 bridgehead atoms. The van der Waals surface area contributed by atoms with E-state index in [1.165, 1.54) is 23.5 Å². The van der Waals surface area contributed by atoms with Gasteiger partial charge in [-0.3, -0.25) is 4.79 Å². The fraction of sp³-hybridized carbons (Fsp3) is 0. The molecule has 0 radical (unpaired) electrons. The maximum atomic E-state index is 13.2. The summed E-state index contributed by atoms with van der Waals surface area (Å²) in [4.78, 5) is 13.0. The molecule has 94 valence electrons. The Hall–Kier alpha value is -0.750. The monoisotopic (exact) mass is 321 g/mol. The molecule has 1 amide bonds. The lowest BCUT2D eigenvalue weighted by Gasteiger charge is -2.06. The van der Waals surface area contributed by atoms with Crippen LogP contribution in [0.3, 0.4) is 0 Å². The number of carbonyl (C=O) groups excluding carboxylic acids is 1. The van der Waals surface area contributed by atoms with E-state index in [2.05, 4.69) is 17.9 Å². The number of nitrogens with one attached hydrogen (secondary N) is 1. The molecule has 0 unspecified atom stereocenters. The van der Waals surface area contributed by atoms with E-state index >= 15 is 0 Å². The molecular formula is C11H6Cl2FNOS2. The van der Waals surface area contributed by atoms with Crippen molar-refractivity contribution in [2.75, 3.05) is 5.32 Å². The van der Waals surface area contributed by atoms with Gasteiger partial charge < -0.3 is 5.32 Å². The Balaban J connectivity index is 2.22. The van der Waals surface area contributed by atoms with Crippen LogP contribution in [-0.2, 0) is 0 Å². The van der Waals surface area contributed by atoms with Crippen molar-refractivity contribution in [3.05, 3.63) is 44.3 Å². The number of halogens is 3. The first-order chi connectivity index (χ1) is 8.47. The summed E-state index contributed by atoms with van der Waals surface area (Å²) in [6, 6.07) is 4.24. The number of carbonyl (C=O) groups is 1. The second kappa shape index (κ2) is 5.48. The van der Waals surface area contributed by atoms with Crippen molar-refractivity contribution in [1.29, 1.82) is 0 Å². The Bertz CT molecular complexity index is 592. The van der Waals surface area contributed by atoms with Gasteiger partial charge in [0.2, 0.25) is 0 Å². The summed E-state index contributed by atoms with van der Waals surface area (Å²) < 4.78 is 13.2. The van der Waals surface area contributed by atoms with Gasteiger partial charge in [0.1, 0.15) is 0 Å². The number of hydrogen-bond acceptors (Lipinski definition) is 3. The summed E-state index contributed by atoms with van der Waals surface area (Å²) >= 11 is 16.6. The van der Waals surface area contributed by atoms with Crippen LogP contribution in [0.15, 0.2) is 28.5 Å². The summed E-state index contributed by atoms with van der Waals surface area (Å²) in [6.45, 7) is 0. The quantitative estimate of drug-likeness (QED) is 0.607. The Kier molecular flexibility index (Phi) is 4.17. The van der Waals surface area contributed by atoms with Crippen LogP contribution in [0, 0.1) is 5.82 Å². The lowest BCUT2D eigenvalue weighted by atomic mass is 10.3. The van der Waals surface area contributed by atoms with Crippen LogP contribution in [0.2, 0.25) is 10.0 Å². The number of rotatable bonds is 2. The van der Waals surface area contributed by atoms with Crippen LogP contribution in [0.4, 0.5) is 10.1 Å². The highest BCUT2D eigenvalue weighted by Gasteiger charge is 2.12. The van der Waals surface area contributed by atoms with Crippen LogP contribution < -0.4 is 5.32 Å². The fourth-order valence-corrected chi connectivity index (χ4v) is 2.80. The van der Waals surface area contributed by atoms with Crippen LogP contribution in [-0.4, -0.2) is 5.91 Å². The fourth-order valence-electron chi connectivity index (χ4n) is 1.27. The maximum Gasteiger partial charge on any atom is 0.265 e. The second-order valence-corrected chi connectivity index (χ2v) is 5.62. The lowest BCUT2D eigenvalue weighted by molar-refractivity contribution is 0.103. The van der Waals surface area contributed by atoms with Gasteiger partial charge in [0.25, 0.3) is 5.91 Å². The van der Waals surface area contributed by atoms with Gasteiger partial charge >= 0.3 is 0 Å². The predicted molar refractivity (Wildman–Crippen MR) is 75.9 cm³/mol. The SMILES string of the molecule is O=C(Nc1cc(Cl)c(F)c(Cl)c1)c1cc(S)cs1. The van der Waals surface area contributed by atoms with Gasteiger partial charge in [-0.2, -0.15) is 0 Å². The number of benzene rings is 1. The highest BCUT2D eigenvalue weighted by molar-refractivity contribution is 7.80. The molecule has 0 saturated carbocycles. The van der Waals surface area contributed by atoms with Gasteiger partial charge in [0.15, 0.2) is 5.82 Å². The number of thiol groups is 1. The second-order valence-electron chi connectivity index (χ2n) is 3.38. The molecule has 2 aromatic rings. The van der Waals surface area contributed by atoms with E-state index in [9.17, 15) is 9.18 Å². The number of hydrogen-bond donors (Lipinski definition) is 2. The van der Waals surface area contributed by atoms with E-state index in [0.29, 0.717) is 15.5 Å². The summed E-state index contributed by atoms with van der Waals surface area (Å²) in [5.41, 5.74) is 0.338. The molecule has 0 fully saturated rings. The zero-order chi connectivity index (χ0) is 13.3. The Morgan fingerprint density at radius 1 is 1.28 bits per heavy atom.